The van der Waals surface area contributed by atoms with Crippen molar-refractivity contribution in [3.63, 3.8) is 0 Å². The normalized spacial score (nSPS) is 16.8. The molecule has 0 radical (unpaired) electrons. The van der Waals surface area contributed by atoms with Gasteiger partial charge in [0.2, 0.25) is 41.4 Å². The Morgan fingerprint density at radius 1 is 0.857 bits per heavy atom. The molecule has 1 aliphatic heterocycles. The third-order valence-electron chi connectivity index (χ3n) is 12.6. The fourth-order valence-corrected chi connectivity index (χ4v) is 8.23. The molecule has 1 aromatic carbocycles. The van der Waals surface area contributed by atoms with Crippen LogP contribution in [0.1, 0.15) is 91.3 Å². The molecule has 23 nitrogen and oxygen atoms in total. The van der Waals surface area contributed by atoms with E-state index in [1.807, 2.05) is 13.8 Å². The third kappa shape index (κ3) is 17.0. The van der Waals surface area contributed by atoms with E-state index in [2.05, 4.69) is 46.9 Å². The fourth-order valence-electron chi connectivity index (χ4n) is 8.23. The van der Waals surface area contributed by atoms with Gasteiger partial charge in [-0.15, -0.1) is 0 Å². The summed E-state index contributed by atoms with van der Waals surface area (Å²) >= 11 is 0. The zero-order chi connectivity index (χ0) is 52.2. The van der Waals surface area contributed by atoms with Gasteiger partial charge in [-0.1, -0.05) is 66.5 Å². The second kappa shape index (κ2) is 28.0. The van der Waals surface area contributed by atoms with E-state index < -0.39 is 101 Å². The van der Waals surface area contributed by atoms with Crippen molar-refractivity contribution >= 4 is 53.3 Å². The van der Waals surface area contributed by atoms with Crippen molar-refractivity contribution < 1.29 is 48.6 Å². The SMILES string of the molecule is CC[C@H](C)[C@H](NC(=O)[C@@H]1CCCN1C(=O)[C@H](Cc1cnc[nH]1)NC(=O)[C@H]([C@@H](C)CC)N(C)C(=O)[C@H](Cc1ccc(O)cc1)NC(=O)[C@@H](NC(=O)[C@H](CCCN=C(N)N)NC(=O)CNC)C(C)C)C(=O)O. The van der Waals surface area contributed by atoms with Crippen molar-refractivity contribution in [1.29, 1.82) is 0 Å². The van der Waals surface area contributed by atoms with Gasteiger partial charge < -0.3 is 68.4 Å². The smallest absolute Gasteiger partial charge is 0.326 e. The highest BCUT2D eigenvalue weighted by molar-refractivity contribution is 5.98. The zero-order valence-corrected chi connectivity index (χ0v) is 41.6. The number of imidazole rings is 1. The van der Waals surface area contributed by atoms with Gasteiger partial charge >= 0.3 is 5.97 Å². The summed E-state index contributed by atoms with van der Waals surface area (Å²) in [6.45, 7) is 10.8. The molecule has 1 aromatic heterocycles. The monoisotopic (exact) mass is 982 g/mol. The van der Waals surface area contributed by atoms with Gasteiger partial charge in [0.15, 0.2) is 5.96 Å². The molecule has 1 fully saturated rings. The number of likely N-dealkylation sites (tertiary alicyclic amines) is 1. The lowest BCUT2D eigenvalue weighted by Crippen LogP contribution is -2.62. The Morgan fingerprint density at radius 3 is 2.09 bits per heavy atom. The molecule has 7 amide bonds. The Labute approximate surface area is 409 Å². The highest BCUT2D eigenvalue weighted by Crippen LogP contribution is 2.23. The number of carboxylic acids is 1. The number of aromatic hydroxyl groups is 1. The Bertz CT molecular complexity index is 2100. The molecular formula is C47H75N13O10. The number of rotatable bonds is 28. The van der Waals surface area contributed by atoms with Gasteiger partial charge in [0.25, 0.3) is 0 Å². The van der Waals surface area contributed by atoms with Gasteiger partial charge in [-0.2, -0.15) is 0 Å². The number of likely N-dealkylation sites (N-methyl/N-ethyl adjacent to an activating group) is 2. The predicted octanol–water partition coefficient (Wildman–Crippen LogP) is -0.752. The Balaban J connectivity index is 1.97. The summed E-state index contributed by atoms with van der Waals surface area (Å²) in [5.41, 5.74) is 11.9. The number of phenols is 1. The standard InChI is InChI=1S/C47H75N13O10/c1-9-27(5)38(46(69)70)58-41(64)35-14-12-20-60(35)45(68)34(22-30-23-51-25-53-30)56-43(66)39(28(6)10-2)59(8)44(67)33(21-29-15-17-31(61)18-16-29)55-42(65)37(26(3)4)57-40(63)32(54-36(62)24-50-7)13-11-19-52-47(48)49/h15-18,23,25-28,32-35,37-39,50,61H,9-14,19-22,24H2,1-8H3,(H,51,53)(H,54,62)(H,55,65)(H,56,66)(H,57,63)(H,58,64)(H,69,70)(H4,48,49,52)/t27-,28-,32-,33-,34-,35-,37-,38-,39-/m0/s1. The molecule has 0 aliphatic carbocycles. The van der Waals surface area contributed by atoms with Crippen LogP contribution >= 0.6 is 0 Å². The van der Waals surface area contributed by atoms with Crippen LogP contribution in [0.25, 0.3) is 0 Å². The van der Waals surface area contributed by atoms with E-state index in [0.29, 0.717) is 36.9 Å². The lowest BCUT2D eigenvalue weighted by Gasteiger charge is -2.36. The molecule has 0 spiro atoms. The molecule has 13 N–H and O–H groups in total. The van der Waals surface area contributed by atoms with Crippen molar-refractivity contribution in [2.75, 3.05) is 33.7 Å². The summed E-state index contributed by atoms with van der Waals surface area (Å²) in [6, 6.07) is -2.26. The molecule has 1 saturated heterocycles. The number of hydrogen-bond acceptors (Lipinski definition) is 12. The predicted molar refractivity (Wildman–Crippen MR) is 260 cm³/mol. The minimum absolute atomic E-state index is 0.0332. The van der Waals surface area contributed by atoms with Crippen LogP contribution in [0.4, 0.5) is 0 Å². The van der Waals surface area contributed by atoms with Gasteiger partial charge in [0.05, 0.1) is 12.9 Å². The molecule has 0 saturated carbocycles. The van der Waals surface area contributed by atoms with Gasteiger partial charge in [0.1, 0.15) is 48.0 Å². The number of aliphatic carboxylic acids is 1. The number of carboxylic acid groups (broad SMARTS) is 1. The number of aromatic nitrogens is 2. The first kappa shape index (κ1) is 57.5. The number of guanidine groups is 1. The Hall–Kier alpha value is -6.78. The van der Waals surface area contributed by atoms with E-state index >= 15 is 0 Å². The number of carbonyl (C=O) groups excluding carboxylic acids is 7. The molecule has 9 atom stereocenters. The Kier molecular flexibility index (Phi) is 23.0. The molecule has 70 heavy (non-hydrogen) atoms. The summed E-state index contributed by atoms with van der Waals surface area (Å²) in [5, 5.41) is 36.3. The number of H-pyrrole nitrogens is 1. The molecule has 2 aromatic rings. The molecule has 23 heteroatoms. The van der Waals surface area contributed by atoms with Crippen LogP contribution in [0.5, 0.6) is 5.75 Å². The van der Waals surface area contributed by atoms with Crippen LogP contribution in [-0.2, 0) is 51.2 Å². The molecule has 0 bridgehead atoms. The van der Waals surface area contributed by atoms with Crippen molar-refractivity contribution in [3.05, 3.63) is 48.0 Å². The van der Waals surface area contributed by atoms with Gasteiger partial charge in [-0.05, 0) is 68.2 Å². The second-order valence-electron chi connectivity index (χ2n) is 18.3. The minimum Gasteiger partial charge on any atom is -0.508 e. The topological polar surface area (TPSA) is 349 Å². The first-order valence-corrected chi connectivity index (χ1v) is 23.9. The largest absolute Gasteiger partial charge is 0.508 e. The van der Waals surface area contributed by atoms with Crippen molar-refractivity contribution in [2.45, 2.75) is 135 Å². The average Bonchev–Trinajstić information content (AvgIpc) is 4.03. The van der Waals surface area contributed by atoms with E-state index in [1.165, 1.54) is 41.5 Å². The van der Waals surface area contributed by atoms with Crippen LogP contribution in [0.15, 0.2) is 41.8 Å². The third-order valence-corrected chi connectivity index (χ3v) is 12.6. The first-order valence-electron chi connectivity index (χ1n) is 23.9. The maximum absolute atomic E-state index is 14.9. The molecule has 2 heterocycles. The van der Waals surface area contributed by atoms with Crippen molar-refractivity contribution in [2.24, 2.45) is 34.2 Å². The van der Waals surface area contributed by atoms with E-state index in [1.54, 1.807) is 46.9 Å². The second-order valence-corrected chi connectivity index (χ2v) is 18.3. The van der Waals surface area contributed by atoms with Crippen LogP contribution in [0, 0.1) is 17.8 Å². The molecule has 1 aliphatic rings. The molecule has 0 unspecified atom stereocenters. The van der Waals surface area contributed by atoms with Crippen LogP contribution in [0.3, 0.4) is 0 Å². The van der Waals surface area contributed by atoms with Gasteiger partial charge in [0, 0.05) is 44.9 Å². The first-order chi connectivity index (χ1) is 33.1. The van der Waals surface area contributed by atoms with Crippen molar-refractivity contribution in [3.8, 4) is 5.75 Å². The number of nitrogens with zero attached hydrogens (tertiary/aromatic N) is 4. The number of nitrogens with two attached hydrogens (primary N) is 2. The zero-order valence-electron chi connectivity index (χ0n) is 41.6. The van der Waals surface area contributed by atoms with E-state index in [-0.39, 0.29) is 62.9 Å². The Morgan fingerprint density at radius 2 is 1.51 bits per heavy atom. The summed E-state index contributed by atoms with van der Waals surface area (Å²) in [7, 11) is 2.99. The number of aromatic amines is 1. The highest BCUT2D eigenvalue weighted by atomic mass is 16.4. The van der Waals surface area contributed by atoms with Crippen LogP contribution in [0.2, 0.25) is 0 Å². The van der Waals surface area contributed by atoms with Crippen LogP contribution < -0.4 is 43.4 Å². The van der Waals surface area contributed by atoms with Gasteiger partial charge in [-0.3, -0.25) is 38.6 Å². The maximum atomic E-state index is 14.9. The molecule has 388 valence electrons. The molecular weight excluding hydrogens is 907 g/mol. The van der Waals surface area contributed by atoms with Gasteiger partial charge in [-0.25, -0.2) is 9.78 Å². The quantitative estimate of drug-likeness (QED) is 0.0284. The maximum Gasteiger partial charge on any atom is 0.326 e. The number of hydrogen-bond donors (Lipinski definition) is 11. The lowest BCUT2D eigenvalue weighted by molar-refractivity contribution is -0.147. The summed E-state index contributed by atoms with van der Waals surface area (Å²) in [5.74, 6) is -7.23. The van der Waals surface area contributed by atoms with Crippen molar-refractivity contribution in [1.82, 2.24) is 51.7 Å². The van der Waals surface area contributed by atoms with Crippen LogP contribution in [-0.4, -0.2) is 159 Å². The number of aliphatic imine (C=N–C) groups is 1. The average molecular weight is 982 g/mol. The minimum atomic E-state index is -1.33. The number of carbonyl (C=O) groups is 8. The number of amides is 7. The van der Waals surface area contributed by atoms with E-state index in [0.717, 1.165) is 0 Å². The summed E-state index contributed by atoms with van der Waals surface area (Å²) in [6.07, 6.45) is 4.79. The summed E-state index contributed by atoms with van der Waals surface area (Å²) in [4.78, 5) is 124. The van der Waals surface area contributed by atoms with E-state index in [9.17, 15) is 48.6 Å². The highest BCUT2D eigenvalue weighted by Gasteiger charge is 2.42. The number of phenolic OH excluding ortho intramolecular Hbond substituents is 1. The molecule has 3 rings (SSSR count). The fraction of sp³-hybridized carbons (Fsp3) is 0.617. The summed E-state index contributed by atoms with van der Waals surface area (Å²) < 4.78 is 0. The number of nitrogens with one attached hydrogen (secondary N) is 7. The number of benzene rings is 1. The van der Waals surface area contributed by atoms with E-state index in [4.69, 9.17) is 11.5 Å². The lowest BCUT2D eigenvalue weighted by atomic mass is 9.94.